The molecule has 0 bridgehead atoms. The Hall–Kier alpha value is -1.91. The van der Waals surface area contributed by atoms with Crippen LogP contribution in [0.3, 0.4) is 0 Å². The highest BCUT2D eigenvalue weighted by atomic mass is 35.5. The fourth-order valence-corrected chi connectivity index (χ4v) is 6.80. The van der Waals surface area contributed by atoms with Gasteiger partial charge in [-0.15, -0.1) is 11.3 Å². The molecule has 4 heterocycles. The van der Waals surface area contributed by atoms with Crippen LogP contribution < -0.4 is 15.8 Å². The number of fused-ring (bicyclic) bond motifs is 3. The van der Waals surface area contributed by atoms with E-state index in [9.17, 15) is 9.59 Å². The van der Waals surface area contributed by atoms with Crippen molar-refractivity contribution in [1.82, 2.24) is 14.9 Å². The number of quaternary nitrogens is 1. The van der Waals surface area contributed by atoms with Crippen LogP contribution in [0.4, 0.5) is 0 Å². The highest BCUT2D eigenvalue weighted by molar-refractivity contribution is 7.99. The number of thiophene rings is 1. The molecule has 2 atom stereocenters. The minimum Gasteiger partial charge on any atom is -0.376 e. The van der Waals surface area contributed by atoms with E-state index in [1.807, 2.05) is 12.1 Å². The predicted molar refractivity (Wildman–Crippen MR) is 132 cm³/mol. The zero-order valence-electron chi connectivity index (χ0n) is 18.4. The third-order valence-electron chi connectivity index (χ3n) is 6.09. The molecule has 0 radical (unpaired) electrons. The largest absolute Gasteiger partial charge is 0.376 e. The predicted octanol–water partition coefficient (Wildman–Crippen LogP) is 2.06. The number of carbonyl (C=O) groups is 1. The number of amides is 1. The highest BCUT2D eigenvalue weighted by Gasteiger charge is 2.26. The third-order valence-corrected chi connectivity index (χ3v) is 8.39. The van der Waals surface area contributed by atoms with Gasteiger partial charge >= 0.3 is 0 Å². The molecule has 1 unspecified atom stereocenters. The van der Waals surface area contributed by atoms with Crippen LogP contribution in [0, 0.1) is 0 Å². The number of hydrogen-bond acceptors (Lipinski definition) is 6. The molecule has 0 saturated carbocycles. The van der Waals surface area contributed by atoms with Crippen LogP contribution in [0.25, 0.3) is 15.9 Å². The zero-order chi connectivity index (χ0) is 22.9. The van der Waals surface area contributed by atoms with Crippen molar-refractivity contribution in [3.63, 3.8) is 0 Å². The van der Waals surface area contributed by atoms with Gasteiger partial charge in [0.25, 0.3) is 5.56 Å². The summed E-state index contributed by atoms with van der Waals surface area (Å²) in [4.78, 5) is 34.5. The molecule has 10 heteroatoms. The fraction of sp³-hybridized carbons (Fsp3) is 0.435. The molecule has 2 aliphatic rings. The first-order valence-electron chi connectivity index (χ1n) is 11.1. The normalized spacial score (nSPS) is 20.2. The number of hydrogen-bond donors (Lipinski definition) is 2. The molecule has 1 saturated heterocycles. The molecule has 1 fully saturated rings. The molecule has 0 aliphatic carbocycles. The topological polar surface area (TPSA) is 77.7 Å². The first-order chi connectivity index (χ1) is 16.0. The molecular weight excluding hydrogens is 480 g/mol. The molecule has 174 valence electrons. The summed E-state index contributed by atoms with van der Waals surface area (Å²) in [6.45, 7) is 3.17. The van der Waals surface area contributed by atoms with Gasteiger partial charge in [-0.2, -0.15) is 0 Å². The van der Waals surface area contributed by atoms with Crippen molar-refractivity contribution in [3.05, 3.63) is 50.1 Å². The van der Waals surface area contributed by atoms with Gasteiger partial charge in [0.1, 0.15) is 11.4 Å². The van der Waals surface area contributed by atoms with Crippen LogP contribution >= 0.6 is 34.7 Å². The summed E-state index contributed by atoms with van der Waals surface area (Å²) < 4.78 is 7.18. The van der Waals surface area contributed by atoms with Gasteiger partial charge in [0, 0.05) is 24.6 Å². The number of rotatable bonds is 6. The number of halogens is 1. The second-order valence-electron chi connectivity index (χ2n) is 8.56. The van der Waals surface area contributed by atoms with E-state index in [0.717, 1.165) is 49.4 Å². The van der Waals surface area contributed by atoms with E-state index >= 15 is 0 Å². The lowest BCUT2D eigenvalue weighted by Crippen LogP contribution is -3.08. The average Bonchev–Trinajstić information content (AvgIpc) is 3.43. The Kier molecular flexibility index (Phi) is 6.76. The highest BCUT2D eigenvalue weighted by Crippen LogP contribution is 2.32. The maximum Gasteiger partial charge on any atom is 0.267 e. The maximum atomic E-state index is 13.8. The van der Waals surface area contributed by atoms with E-state index in [1.54, 1.807) is 28.0 Å². The van der Waals surface area contributed by atoms with Gasteiger partial charge in [0.15, 0.2) is 5.16 Å². The molecule has 1 amide bonds. The van der Waals surface area contributed by atoms with Crippen molar-refractivity contribution in [2.24, 2.45) is 0 Å². The van der Waals surface area contributed by atoms with Crippen LogP contribution in [0.15, 0.2) is 34.2 Å². The Morgan fingerprint density at radius 1 is 1.45 bits per heavy atom. The summed E-state index contributed by atoms with van der Waals surface area (Å²) >= 11 is 9.11. The number of aromatic nitrogens is 2. The number of benzene rings is 1. The number of carbonyl (C=O) groups excluding carboxylic acids is 1. The van der Waals surface area contributed by atoms with Gasteiger partial charge in [-0.05, 0) is 36.6 Å². The van der Waals surface area contributed by atoms with Crippen LogP contribution in [-0.2, 0) is 22.5 Å². The summed E-state index contributed by atoms with van der Waals surface area (Å²) in [6.07, 6.45) is 2.97. The van der Waals surface area contributed by atoms with E-state index in [1.165, 1.54) is 21.5 Å². The van der Waals surface area contributed by atoms with Crippen LogP contribution in [-0.4, -0.2) is 54.1 Å². The van der Waals surface area contributed by atoms with Gasteiger partial charge in [-0.1, -0.05) is 29.4 Å². The summed E-state index contributed by atoms with van der Waals surface area (Å²) in [7, 11) is 2.17. The van der Waals surface area contributed by atoms with Gasteiger partial charge in [-0.3, -0.25) is 14.2 Å². The van der Waals surface area contributed by atoms with Gasteiger partial charge in [0.05, 0.1) is 41.4 Å². The molecular formula is C23H26ClN4O3S2+. The van der Waals surface area contributed by atoms with Crippen LogP contribution in [0.5, 0.6) is 0 Å². The summed E-state index contributed by atoms with van der Waals surface area (Å²) in [5, 5.41) is 4.69. The number of nitrogens with one attached hydrogen (secondary N) is 2. The molecule has 2 aromatic heterocycles. The van der Waals surface area contributed by atoms with Gasteiger partial charge in [0.2, 0.25) is 5.91 Å². The summed E-state index contributed by atoms with van der Waals surface area (Å²) in [5.41, 5.74) is 1.68. The van der Waals surface area contributed by atoms with Crippen LogP contribution in [0.2, 0.25) is 5.02 Å². The molecule has 33 heavy (non-hydrogen) atoms. The maximum absolute atomic E-state index is 13.8. The van der Waals surface area contributed by atoms with Crippen molar-refractivity contribution in [1.29, 1.82) is 0 Å². The number of ether oxygens (including phenoxy) is 1. The molecule has 7 nitrogen and oxygen atoms in total. The lowest BCUT2D eigenvalue weighted by atomic mass is 10.1. The zero-order valence-corrected chi connectivity index (χ0v) is 20.7. The Morgan fingerprint density at radius 2 is 2.33 bits per heavy atom. The SMILES string of the molecule is C[NH+]1CCc2c(sc3nc(SCC(=O)NC[C@H]4CCCO4)n(-c4cccc(Cl)c4)c(=O)c23)C1. The van der Waals surface area contributed by atoms with Gasteiger partial charge < -0.3 is 15.0 Å². The Morgan fingerprint density at radius 3 is 3.12 bits per heavy atom. The monoisotopic (exact) mass is 505 g/mol. The summed E-state index contributed by atoms with van der Waals surface area (Å²) in [6, 6.07) is 7.20. The molecule has 5 rings (SSSR count). The second kappa shape index (κ2) is 9.76. The standard InChI is InChI=1S/C23H25ClN4O3S2/c1-27-8-7-17-18(12-27)33-21-20(17)22(30)28(15-5-2-4-14(24)10-15)23(26-21)32-13-19(29)25-11-16-6-3-9-31-16/h2,4-5,10,16H,3,6-9,11-13H2,1H3,(H,25,29)/p+1/t16-/m1/s1. The number of nitrogens with zero attached hydrogens (tertiary/aromatic N) is 2. The van der Waals surface area contributed by atoms with E-state index in [0.29, 0.717) is 27.8 Å². The van der Waals surface area contributed by atoms with Crippen LogP contribution in [0.1, 0.15) is 23.3 Å². The lowest BCUT2D eigenvalue weighted by molar-refractivity contribution is -0.895. The first-order valence-corrected chi connectivity index (χ1v) is 13.3. The summed E-state index contributed by atoms with van der Waals surface area (Å²) in [5.74, 6) is 0.0709. The Bertz CT molecular complexity index is 1250. The number of thioether (sulfide) groups is 1. The fourth-order valence-electron chi connectivity index (χ4n) is 4.39. The van der Waals surface area contributed by atoms with Crippen molar-refractivity contribution in [2.75, 3.05) is 32.5 Å². The molecule has 2 N–H and O–H groups in total. The Balaban J connectivity index is 1.49. The Labute approximate surface area is 205 Å². The molecule has 3 aromatic rings. The van der Waals surface area contributed by atoms with E-state index in [2.05, 4.69) is 12.4 Å². The van der Waals surface area contributed by atoms with E-state index < -0.39 is 0 Å². The third kappa shape index (κ3) is 4.83. The minimum absolute atomic E-state index is 0.0933. The molecule has 0 spiro atoms. The molecule has 1 aromatic carbocycles. The van der Waals surface area contributed by atoms with Gasteiger partial charge in [-0.25, -0.2) is 4.98 Å². The van der Waals surface area contributed by atoms with Crippen molar-refractivity contribution < 1.29 is 14.4 Å². The van der Waals surface area contributed by atoms with Crippen molar-refractivity contribution in [3.8, 4) is 5.69 Å². The van der Waals surface area contributed by atoms with Crippen molar-refractivity contribution in [2.45, 2.75) is 37.1 Å². The van der Waals surface area contributed by atoms with E-state index in [-0.39, 0.29) is 23.3 Å². The average molecular weight is 506 g/mol. The lowest BCUT2D eigenvalue weighted by Gasteiger charge is -2.19. The van der Waals surface area contributed by atoms with E-state index in [4.69, 9.17) is 21.3 Å². The molecule has 2 aliphatic heterocycles. The van der Waals surface area contributed by atoms with Crippen molar-refractivity contribution >= 4 is 50.8 Å². The number of likely N-dealkylation sites (N-methyl/N-ethyl adjacent to an activating group) is 1. The second-order valence-corrected chi connectivity index (χ2v) is 11.0. The quantitative estimate of drug-likeness (QED) is 0.396. The minimum atomic E-state index is -0.0989. The smallest absolute Gasteiger partial charge is 0.267 e. The first kappa shape index (κ1) is 22.9.